The van der Waals surface area contributed by atoms with Crippen LogP contribution in [0.4, 0.5) is 5.69 Å². The Balaban J connectivity index is 1.93. The molecule has 0 aromatic heterocycles. The van der Waals surface area contributed by atoms with Crippen molar-refractivity contribution in [3.05, 3.63) is 29.3 Å². The first-order valence-corrected chi connectivity index (χ1v) is 6.18. The zero-order valence-corrected chi connectivity index (χ0v) is 10.3. The largest absolute Gasteiger partial charge is 0.395 e. The van der Waals surface area contributed by atoms with Crippen molar-refractivity contribution in [2.75, 3.05) is 18.5 Å². The molecule has 1 amide bonds. The van der Waals surface area contributed by atoms with Crippen LogP contribution < -0.4 is 16.4 Å². The van der Waals surface area contributed by atoms with Gasteiger partial charge in [0.05, 0.1) is 6.61 Å². The zero-order valence-electron chi connectivity index (χ0n) is 10.3. The summed E-state index contributed by atoms with van der Waals surface area (Å²) in [4.78, 5) is 11.2. The predicted molar refractivity (Wildman–Crippen MR) is 70.2 cm³/mol. The topological polar surface area (TPSA) is 87.4 Å². The fourth-order valence-corrected chi connectivity index (χ4v) is 2.01. The molecule has 5 heteroatoms. The molecule has 2 rings (SSSR count). The number of amides is 1. The number of carbonyl (C=O) groups is 1. The van der Waals surface area contributed by atoms with Gasteiger partial charge in [-0.15, -0.1) is 0 Å². The van der Waals surface area contributed by atoms with E-state index in [1.165, 1.54) is 5.56 Å². The maximum Gasteiger partial charge on any atom is 0.224 e. The molecule has 1 aliphatic rings. The minimum atomic E-state index is -0.220. The number of aryl methyl sites for hydroxylation is 1. The lowest BCUT2D eigenvalue weighted by molar-refractivity contribution is -0.116. The van der Waals surface area contributed by atoms with Crippen molar-refractivity contribution in [3.8, 4) is 0 Å². The number of aliphatic hydroxyl groups is 1. The third kappa shape index (κ3) is 3.29. The third-order valence-electron chi connectivity index (χ3n) is 3.04. The van der Waals surface area contributed by atoms with E-state index in [-0.39, 0.29) is 18.6 Å². The maximum absolute atomic E-state index is 11.2. The van der Waals surface area contributed by atoms with E-state index in [1.807, 2.05) is 12.1 Å². The van der Waals surface area contributed by atoms with Gasteiger partial charge in [-0.25, -0.2) is 0 Å². The molecule has 0 spiro atoms. The van der Waals surface area contributed by atoms with Gasteiger partial charge in [-0.3, -0.25) is 4.79 Å². The van der Waals surface area contributed by atoms with Gasteiger partial charge in [0.25, 0.3) is 0 Å². The van der Waals surface area contributed by atoms with Gasteiger partial charge in [0.1, 0.15) is 0 Å². The van der Waals surface area contributed by atoms with Gasteiger partial charge in [0.15, 0.2) is 0 Å². The molecular formula is C13H19N3O2. The Morgan fingerprint density at radius 2 is 2.28 bits per heavy atom. The van der Waals surface area contributed by atoms with Crippen molar-refractivity contribution in [3.63, 3.8) is 0 Å². The number of nitrogens with two attached hydrogens (primary N) is 1. The number of hydrogen-bond donors (Lipinski definition) is 4. The zero-order chi connectivity index (χ0) is 13.0. The highest BCUT2D eigenvalue weighted by Gasteiger charge is 2.14. The molecule has 1 aromatic carbocycles. The van der Waals surface area contributed by atoms with Gasteiger partial charge >= 0.3 is 0 Å². The number of aliphatic hydroxyl groups excluding tert-OH is 1. The normalized spacial score (nSPS) is 16.0. The third-order valence-corrected chi connectivity index (χ3v) is 3.04. The van der Waals surface area contributed by atoms with Crippen molar-refractivity contribution in [1.82, 2.24) is 5.32 Å². The van der Waals surface area contributed by atoms with Crippen LogP contribution in [0.3, 0.4) is 0 Å². The smallest absolute Gasteiger partial charge is 0.224 e. The fourth-order valence-electron chi connectivity index (χ4n) is 2.01. The summed E-state index contributed by atoms with van der Waals surface area (Å²) < 4.78 is 0. The molecule has 98 valence electrons. The summed E-state index contributed by atoms with van der Waals surface area (Å²) in [5.41, 5.74) is 8.86. The molecule has 0 aliphatic carbocycles. The highest BCUT2D eigenvalue weighted by Crippen LogP contribution is 2.23. The Morgan fingerprint density at radius 3 is 3.06 bits per heavy atom. The van der Waals surface area contributed by atoms with Gasteiger partial charge < -0.3 is 21.5 Å². The summed E-state index contributed by atoms with van der Waals surface area (Å²) in [5.74, 6) is 0.0855. The quantitative estimate of drug-likeness (QED) is 0.590. The monoisotopic (exact) mass is 249 g/mol. The van der Waals surface area contributed by atoms with Gasteiger partial charge in [0.2, 0.25) is 5.91 Å². The average Bonchev–Trinajstić information content (AvgIpc) is 2.38. The van der Waals surface area contributed by atoms with Gasteiger partial charge in [-0.2, -0.15) is 0 Å². The summed E-state index contributed by atoms with van der Waals surface area (Å²) in [6, 6.07) is 5.81. The lowest BCUT2D eigenvalue weighted by atomic mass is 10.0. The van der Waals surface area contributed by atoms with Crippen molar-refractivity contribution >= 4 is 11.6 Å². The Hall–Kier alpha value is -1.43. The van der Waals surface area contributed by atoms with Crippen LogP contribution in [-0.4, -0.2) is 30.2 Å². The number of nitrogens with one attached hydrogen (secondary N) is 2. The molecule has 0 radical (unpaired) electrons. The summed E-state index contributed by atoms with van der Waals surface area (Å²) in [6.07, 6.45) is 1.35. The summed E-state index contributed by atoms with van der Waals surface area (Å²) in [7, 11) is 0. The molecule has 18 heavy (non-hydrogen) atoms. The molecule has 0 bridgehead atoms. The van der Waals surface area contributed by atoms with Crippen LogP contribution in [0.5, 0.6) is 0 Å². The van der Waals surface area contributed by atoms with E-state index in [2.05, 4.69) is 16.7 Å². The molecule has 5 N–H and O–H groups in total. The van der Waals surface area contributed by atoms with E-state index >= 15 is 0 Å². The molecule has 5 nitrogen and oxygen atoms in total. The van der Waals surface area contributed by atoms with Gasteiger partial charge in [-0.1, -0.05) is 12.1 Å². The molecule has 0 fully saturated rings. The minimum absolute atomic E-state index is 0.0107. The number of benzene rings is 1. The Kier molecular flexibility index (Phi) is 4.30. The molecule has 1 aromatic rings. The van der Waals surface area contributed by atoms with Crippen molar-refractivity contribution in [2.45, 2.75) is 25.4 Å². The van der Waals surface area contributed by atoms with E-state index in [0.29, 0.717) is 13.0 Å². The van der Waals surface area contributed by atoms with Gasteiger partial charge in [0, 0.05) is 31.2 Å². The molecule has 0 saturated carbocycles. The fraction of sp³-hybridized carbons (Fsp3) is 0.462. The number of hydrogen-bond acceptors (Lipinski definition) is 4. The standard InChI is InChI=1S/C13H19N3O2/c14-11(8-17)7-15-6-9-1-3-12-10(5-9)2-4-13(18)16-12/h1,3,5,11,15,17H,2,4,6-8,14H2,(H,16,18). The lowest BCUT2D eigenvalue weighted by Crippen LogP contribution is -2.36. The molecule has 0 saturated heterocycles. The van der Waals surface area contributed by atoms with Crippen LogP contribution in [0.1, 0.15) is 17.5 Å². The molecule has 1 heterocycles. The highest BCUT2D eigenvalue weighted by molar-refractivity contribution is 5.93. The predicted octanol–water partition coefficient (Wildman–Crippen LogP) is -0.0195. The second kappa shape index (κ2) is 5.95. The first-order valence-electron chi connectivity index (χ1n) is 6.18. The Bertz CT molecular complexity index is 434. The van der Waals surface area contributed by atoms with E-state index < -0.39 is 0 Å². The van der Waals surface area contributed by atoms with Crippen molar-refractivity contribution < 1.29 is 9.90 Å². The summed E-state index contributed by atoms with van der Waals surface area (Å²) in [5, 5.41) is 14.9. The van der Waals surface area contributed by atoms with Crippen LogP contribution in [-0.2, 0) is 17.8 Å². The van der Waals surface area contributed by atoms with E-state index in [4.69, 9.17) is 10.8 Å². The first kappa shape index (κ1) is 13.0. The minimum Gasteiger partial charge on any atom is -0.395 e. The van der Waals surface area contributed by atoms with E-state index in [9.17, 15) is 4.79 Å². The number of rotatable bonds is 5. The van der Waals surface area contributed by atoms with E-state index in [1.54, 1.807) is 0 Å². The van der Waals surface area contributed by atoms with E-state index in [0.717, 1.165) is 24.2 Å². The van der Waals surface area contributed by atoms with Crippen LogP contribution in [0.2, 0.25) is 0 Å². The second-order valence-electron chi connectivity index (χ2n) is 4.61. The number of carbonyl (C=O) groups excluding carboxylic acids is 1. The summed E-state index contributed by atoms with van der Waals surface area (Å²) >= 11 is 0. The Labute approximate surface area is 106 Å². The van der Waals surface area contributed by atoms with Crippen LogP contribution >= 0.6 is 0 Å². The second-order valence-corrected chi connectivity index (χ2v) is 4.61. The molecular weight excluding hydrogens is 230 g/mol. The molecule has 1 atom stereocenters. The maximum atomic E-state index is 11.2. The number of fused-ring (bicyclic) bond motifs is 1. The molecule has 1 aliphatic heterocycles. The highest BCUT2D eigenvalue weighted by atomic mass is 16.3. The lowest BCUT2D eigenvalue weighted by Gasteiger charge is -2.18. The van der Waals surface area contributed by atoms with Crippen molar-refractivity contribution in [2.24, 2.45) is 5.73 Å². The number of anilines is 1. The van der Waals surface area contributed by atoms with Gasteiger partial charge in [-0.05, 0) is 23.6 Å². The molecule has 1 unspecified atom stereocenters. The van der Waals surface area contributed by atoms with Crippen LogP contribution in [0, 0.1) is 0 Å². The van der Waals surface area contributed by atoms with Crippen LogP contribution in [0.15, 0.2) is 18.2 Å². The average molecular weight is 249 g/mol. The SMILES string of the molecule is NC(CO)CNCc1ccc2c(c1)CCC(=O)N2. The summed E-state index contributed by atoms with van der Waals surface area (Å²) in [6.45, 7) is 1.29. The van der Waals surface area contributed by atoms with Crippen LogP contribution in [0.25, 0.3) is 0 Å². The Morgan fingerprint density at radius 1 is 1.44 bits per heavy atom. The van der Waals surface area contributed by atoms with Crippen molar-refractivity contribution in [1.29, 1.82) is 0 Å². The first-order chi connectivity index (χ1) is 8.69.